The zero-order valence-electron chi connectivity index (χ0n) is 14.5. The highest BCUT2D eigenvalue weighted by Crippen LogP contribution is 2.18. The highest BCUT2D eigenvalue weighted by Gasteiger charge is 2.09. The fourth-order valence-electron chi connectivity index (χ4n) is 2.54. The van der Waals surface area contributed by atoms with Crippen LogP contribution in [0.1, 0.15) is 22.8 Å². The van der Waals surface area contributed by atoms with E-state index in [-0.39, 0.29) is 5.56 Å². The molecule has 0 bridgehead atoms. The van der Waals surface area contributed by atoms with E-state index < -0.39 is 5.97 Å². The Morgan fingerprint density at radius 1 is 1.08 bits per heavy atom. The van der Waals surface area contributed by atoms with Crippen molar-refractivity contribution in [1.82, 2.24) is 9.97 Å². The van der Waals surface area contributed by atoms with Crippen molar-refractivity contribution >= 4 is 23.4 Å². The molecule has 2 N–H and O–H groups in total. The molecular formula is C20H20N4O2. The third-order valence-electron chi connectivity index (χ3n) is 3.93. The van der Waals surface area contributed by atoms with Crippen LogP contribution >= 0.6 is 0 Å². The summed E-state index contributed by atoms with van der Waals surface area (Å²) in [6.45, 7) is 3.58. The van der Waals surface area contributed by atoms with E-state index in [4.69, 9.17) is 5.11 Å². The van der Waals surface area contributed by atoms with E-state index in [1.54, 1.807) is 36.5 Å². The number of nitrogens with one attached hydrogen (secondary N) is 1. The van der Waals surface area contributed by atoms with Crippen LogP contribution in [0.25, 0.3) is 0 Å². The van der Waals surface area contributed by atoms with E-state index >= 15 is 0 Å². The molecule has 1 aromatic heterocycles. The zero-order valence-corrected chi connectivity index (χ0v) is 14.5. The Labute approximate surface area is 152 Å². The average Bonchev–Trinajstić information content (AvgIpc) is 2.67. The van der Waals surface area contributed by atoms with Crippen molar-refractivity contribution in [2.75, 3.05) is 16.8 Å². The molecule has 0 fully saturated rings. The van der Waals surface area contributed by atoms with Gasteiger partial charge in [0.25, 0.3) is 0 Å². The van der Waals surface area contributed by atoms with Gasteiger partial charge in [0.15, 0.2) is 0 Å². The van der Waals surface area contributed by atoms with Gasteiger partial charge in [0.1, 0.15) is 5.82 Å². The zero-order chi connectivity index (χ0) is 18.4. The largest absolute Gasteiger partial charge is 0.478 e. The number of carboxylic acid groups (broad SMARTS) is 1. The number of benzene rings is 2. The molecule has 6 heteroatoms. The van der Waals surface area contributed by atoms with Gasteiger partial charge in [0.2, 0.25) is 5.95 Å². The number of aromatic carboxylic acids is 1. The number of hydrogen-bond donors (Lipinski definition) is 2. The van der Waals surface area contributed by atoms with Gasteiger partial charge in [-0.15, -0.1) is 0 Å². The number of anilines is 3. The summed E-state index contributed by atoms with van der Waals surface area (Å²) in [4.78, 5) is 22.0. The molecule has 0 atom stereocenters. The van der Waals surface area contributed by atoms with Crippen LogP contribution in [0.5, 0.6) is 0 Å². The van der Waals surface area contributed by atoms with Crippen molar-refractivity contribution in [3.63, 3.8) is 0 Å². The third kappa shape index (κ3) is 4.36. The SMILES string of the molecule is CCN(Cc1ccccc1)c1nccc(Nc2ccc(C(=O)O)cc2)n1. The lowest BCUT2D eigenvalue weighted by molar-refractivity contribution is 0.0697. The van der Waals surface area contributed by atoms with E-state index in [1.165, 1.54) is 5.56 Å². The van der Waals surface area contributed by atoms with Crippen molar-refractivity contribution < 1.29 is 9.90 Å². The van der Waals surface area contributed by atoms with Crippen LogP contribution in [0.3, 0.4) is 0 Å². The number of aromatic nitrogens is 2. The summed E-state index contributed by atoms with van der Waals surface area (Å²) in [6, 6.07) is 18.5. The van der Waals surface area contributed by atoms with Crippen LogP contribution in [0.4, 0.5) is 17.5 Å². The predicted molar refractivity (Wildman–Crippen MR) is 102 cm³/mol. The Hall–Kier alpha value is -3.41. The maximum atomic E-state index is 10.9. The van der Waals surface area contributed by atoms with E-state index in [1.807, 2.05) is 18.2 Å². The number of carboxylic acids is 1. The number of nitrogens with zero attached hydrogens (tertiary/aromatic N) is 3. The topological polar surface area (TPSA) is 78.4 Å². The number of carbonyl (C=O) groups is 1. The first-order valence-corrected chi connectivity index (χ1v) is 8.38. The molecule has 0 aliphatic rings. The van der Waals surface area contributed by atoms with Crippen molar-refractivity contribution in [1.29, 1.82) is 0 Å². The van der Waals surface area contributed by atoms with Crippen LogP contribution in [0, 0.1) is 0 Å². The first-order valence-electron chi connectivity index (χ1n) is 8.38. The van der Waals surface area contributed by atoms with Gasteiger partial charge in [-0.3, -0.25) is 0 Å². The molecule has 0 unspecified atom stereocenters. The molecular weight excluding hydrogens is 328 g/mol. The maximum absolute atomic E-state index is 10.9. The monoisotopic (exact) mass is 348 g/mol. The van der Waals surface area contributed by atoms with Crippen LogP contribution < -0.4 is 10.2 Å². The summed E-state index contributed by atoms with van der Waals surface area (Å²) in [5, 5.41) is 12.1. The summed E-state index contributed by atoms with van der Waals surface area (Å²) in [6.07, 6.45) is 1.71. The van der Waals surface area contributed by atoms with Crippen LogP contribution in [-0.4, -0.2) is 27.6 Å². The molecule has 0 radical (unpaired) electrons. The third-order valence-corrected chi connectivity index (χ3v) is 3.93. The quantitative estimate of drug-likeness (QED) is 0.673. The Morgan fingerprint density at radius 3 is 2.46 bits per heavy atom. The second kappa shape index (κ2) is 8.11. The molecule has 26 heavy (non-hydrogen) atoms. The molecule has 132 valence electrons. The van der Waals surface area contributed by atoms with Gasteiger partial charge >= 0.3 is 5.97 Å². The van der Waals surface area contributed by atoms with Gasteiger partial charge < -0.3 is 15.3 Å². The first kappa shape index (κ1) is 17.4. The van der Waals surface area contributed by atoms with Gasteiger partial charge in [-0.2, -0.15) is 4.98 Å². The first-order chi connectivity index (χ1) is 12.7. The molecule has 0 saturated heterocycles. The van der Waals surface area contributed by atoms with Crippen molar-refractivity contribution in [3.05, 3.63) is 78.0 Å². The Kier molecular flexibility index (Phi) is 5.43. The summed E-state index contributed by atoms with van der Waals surface area (Å²) in [5.41, 5.74) is 2.21. The normalized spacial score (nSPS) is 10.3. The molecule has 0 aliphatic carbocycles. The van der Waals surface area contributed by atoms with Crippen LogP contribution in [0.15, 0.2) is 66.9 Å². The Morgan fingerprint density at radius 2 is 1.81 bits per heavy atom. The molecule has 0 aliphatic heterocycles. The Bertz CT molecular complexity index is 866. The fourth-order valence-corrected chi connectivity index (χ4v) is 2.54. The lowest BCUT2D eigenvalue weighted by Crippen LogP contribution is -2.24. The van der Waals surface area contributed by atoms with Crippen molar-refractivity contribution in [3.8, 4) is 0 Å². The Balaban J connectivity index is 1.75. The number of rotatable bonds is 7. The van der Waals surface area contributed by atoms with E-state index in [2.05, 4.69) is 39.2 Å². The van der Waals surface area contributed by atoms with E-state index in [0.717, 1.165) is 18.8 Å². The number of hydrogen-bond acceptors (Lipinski definition) is 5. The molecule has 2 aromatic carbocycles. The molecule has 3 rings (SSSR count). The van der Waals surface area contributed by atoms with Gasteiger partial charge in [-0.25, -0.2) is 9.78 Å². The molecule has 3 aromatic rings. The van der Waals surface area contributed by atoms with Gasteiger partial charge in [0.05, 0.1) is 5.56 Å². The molecule has 0 amide bonds. The van der Waals surface area contributed by atoms with Gasteiger partial charge in [-0.05, 0) is 42.8 Å². The lowest BCUT2D eigenvalue weighted by atomic mass is 10.2. The predicted octanol–water partition coefficient (Wildman–Crippen LogP) is 3.94. The van der Waals surface area contributed by atoms with Gasteiger partial charge in [0, 0.05) is 25.0 Å². The smallest absolute Gasteiger partial charge is 0.335 e. The lowest BCUT2D eigenvalue weighted by Gasteiger charge is -2.21. The van der Waals surface area contributed by atoms with E-state index in [9.17, 15) is 4.79 Å². The average molecular weight is 348 g/mol. The summed E-state index contributed by atoms with van der Waals surface area (Å²) in [7, 11) is 0. The molecule has 0 spiro atoms. The second-order valence-electron chi connectivity index (χ2n) is 5.75. The molecule has 0 saturated carbocycles. The van der Waals surface area contributed by atoms with Crippen LogP contribution in [0.2, 0.25) is 0 Å². The minimum Gasteiger partial charge on any atom is -0.478 e. The standard InChI is InChI=1S/C20H20N4O2/c1-2-24(14-15-6-4-3-5-7-15)20-21-13-12-18(23-20)22-17-10-8-16(9-11-17)19(25)26/h3-13H,2,14H2,1H3,(H,25,26)(H,21,22,23). The minimum atomic E-state index is -0.944. The molecule has 1 heterocycles. The minimum absolute atomic E-state index is 0.249. The fraction of sp³-hybridized carbons (Fsp3) is 0.150. The van der Waals surface area contributed by atoms with Crippen LogP contribution in [-0.2, 0) is 6.54 Å². The van der Waals surface area contributed by atoms with E-state index in [0.29, 0.717) is 11.8 Å². The summed E-state index contributed by atoms with van der Waals surface area (Å²) >= 11 is 0. The molecule has 6 nitrogen and oxygen atoms in total. The van der Waals surface area contributed by atoms with Gasteiger partial charge in [-0.1, -0.05) is 30.3 Å². The maximum Gasteiger partial charge on any atom is 0.335 e. The van der Waals surface area contributed by atoms with Crippen molar-refractivity contribution in [2.45, 2.75) is 13.5 Å². The second-order valence-corrected chi connectivity index (χ2v) is 5.75. The van der Waals surface area contributed by atoms with Crippen molar-refractivity contribution in [2.24, 2.45) is 0 Å². The highest BCUT2D eigenvalue weighted by atomic mass is 16.4. The summed E-state index contributed by atoms with van der Waals surface area (Å²) < 4.78 is 0. The highest BCUT2D eigenvalue weighted by molar-refractivity contribution is 5.88. The summed E-state index contributed by atoms with van der Waals surface area (Å²) in [5.74, 6) is 0.355.